The first kappa shape index (κ1) is 22.0. The van der Waals surface area contributed by atoms with Crippen LogP contribution >= 0.6 is 0 Å². The van der Waals surface area contributed by atoms with Gasteiger partial charge in [-0.25, -0.2) is 8.78 Å². The minimum absolute atomic E-state index is 0.0352. The molecule has 2 unspecified atom stereocenters. The minimum atomic E-state index is -0.458. The highest BCUT2D eigenvalue weighted by Crippen LogP contribution is 2.33. The van der Waals surface area contributed by atoms with Crippen molar-refractivity contribution in [2.24, 2.45) is 21.8 Å². The van der Waals surface area contributed by atoms with E-state index in [9.17, 15) is 13.6 Å². The third-order valence-corrected chi connectivity index (χ3v) is 5.96. The van der Waals surface area contributed by atoms with E-state index >= 15 is 0 Å². The lowest BCUT2D eigenvalue weighted by molar-refractivity contribution is -0.124. The highest BCUT2D eigenvalue weighted by molar-refractivity contribution is 5.94. The maximum atomic E-state index is 14.0. The van der Waals surface area contributed by atoms with E-state index in [0.29, 0.717) is 12.8 Å². The van der Waals surface area contributed by atoms with Crippen molar-refractivity contribution in [3.05, 3.63) is 94.8 Å². The zero-order valence-electron chi connectivity index (χ0n) is 18.3. The number of carbonyl (C=O) groups excluding carboxylic acids is 1. The van der Waals surface area contributed by atoms with Gasteiger partial charge in [0.15, 0.2) is 5.78 Å². The summed E-state index contributed by atoms with van der Waals surface area (Å²) in [4.78, 5) is 23.3. The largest absolute Gasteiger partial charge is 0.298 e. The fraction of sp³-hybridized carbons (Fsp3) is 0.296. The normalized spacial score (nSPS) is 17.4. The van der Waals surface area contributed by atoms with E-state index in [0.717, 1.165) is 46.8 Å². The van der Waals surface area contributed by atoms with Crippen LogP contribution in [0.5, 0.6) is 0 Å². The highest BCUT2D eigenvalue weighted by atomic mass is 19.1. The van der Waals surface area contributed by atoms with Crippen molar-refractivity contribution < 1.29 is 13.6 Å². The van der Waals surface area contributed by atoms with Gasteiger partial charge in [-0.05, 0) is 62.1 Å². The highest BCUT2D eigenvalue weighted by Gasteiger charge is 2.34. The number of nitrogens with zero attached hydrogens (tertiary/aromatic N) is 2. The van der Waals surface area contributed by atoms with Gasteiger partial charge in [-0.2, -0.15) is 0 Å². The van der Waals surface area contributed by atoms with E-state index in [1.165, 1.54) is 24.3 Å². The van der Waals surface area contributed by atoms with E-state index in [1.807, 2.05) is 26.0 Å². The topological polar surface area (TPSA) is 41.8 Å². The third kappa shape index (κ3) is 5.16. The van der Waals surface area contributed by atoms with E-state index in [1.54, 1.807) is 24.3 Å². The summed E-state index contributed by atoms with van der Waals surface area (Å²) in [5, 5.41) is 0. The van der Waals surface area contributed by atoms with Gasteiger partial charge in [-0.3, -0.25) is 14.8 Å². The number of halogens is 2. The third-order valence-electron chi connectivity index (χ3n) is 5.96. The van der Waals surface area contributed by atoms with Crippen molar-refractivity contribution in [1.29, 1.82) is 0 Å². The van der Waals surface area contributed by atoms with Crippen molar-refractivity contribution in [2.75, 3.05) is 0 Å². The molecule has 3 nitrogen and oxygen atoms in total. The Bertz CT molecular complexity index is 1040. The first-order valence-electron chi connectivity index (χ1n) is 10.9. The number of benzene rings is 2. The van der Waals surface area contributed by atoms with Gasteiger partial charge < -0.3 is 0 Å². The Kier molecular flexibility index (Phi) is 6.54. The summed E-state index contributed by atoms with van der Waals surface area (Å²) < 4.78 is 26.9. The number of carbonyl (C=O) groups is 1. The van der Waals surface area contributed by atoms with Gasteiger partial charge in [-0.1, -0.05) is 36.4 Å². The number of aliphatic imine (C=N–C) groups is 2. The Morgan fingerprint density at radius 3 is 1.44 bits per heavy atom. The molecular weight excluding hydrogens is 406 g/mol. The van der Waals surface area contributed by atoms with Crippen LogP contribution in [0, 0.1) is 23.5 Å². The van der Waals surface area contributed by atoms with Crippen LogP contribution < -0.4 is 0 Å². The van der Waals surface area contributed by atoms with Gasteiger partial charge in [0.25, 0.3) is 0 Å². The van der Waals surface area contributed by atoms with Crippen LogP contribution in [0.1, 0.15) is 37.8 Å². The molecule has 4 rings (SSSR count). The molecule has 2 aliphatic rings. The van der Waals surface area contributed by atoms with Crippen molar-refractivity contribution >= 4 is 17.2 Å². The molecule has 5 heteroatoms. The molecule has 164 valence electrons. The maximum absolute atomic E-state index is 14.0. The summed E-state index contributed by atoms with van der Waals surface area (Å²) >= 11 is 0. The van der Waals surface area contributed by atoms with Gasteiger partial charge in [-0.15, -0.1) is 0 Å². The quantitative estimate of drug-likeness (QED) is 0.501. The number of hydrogen-bond donors (Lipinski definition) is 0. The van der Waals surface area contributed by atoms with Crippen LogP contribution in [-0.2, 0) is 17.6 Å². The van der Waals surface area contributed by atoms with Crippen molar-refractivity contribution in [2.45, 2.75) is 39.5 Å². The van der Waals surface area contributed by atoms with E-state index < -0.39 is 11.8 Å². The zero-order valence-corrected chi connectivity index (χ0v) is 18.3. The van der Waals surface area contributed by atoms with Crippen LogP contribution in [0.2, 0.25) is 0 Å². The molecule has 0 saturated carbocycles. The number of ketones is 1. The summed E-state index contributed by atoms with van der Waals surface area (Å²) in [5.74, 6) is -1.49. The number of rotatable bonds is 8. The SMILES string of the molecule is CC1=NC(C(Cc2ccc(F)cc2)C(=O)C(Cc2ccc(F)cc2)C2=CCC(C)=N2)=CC1. The number of Topliss-reactive ketones (excluding diaryl/α,β-unsaturated/α-hetero) is 1. The fourth-order valence-electron chi connectivity index (χ4n) is 4.23. The second-order valence-electron chi connectivity index (χ2n) is 8.53. The Morgan fingerprint density at radius 2 is 1.12 bits per heavy atom. The summed E-state index contributed by atoms with van der Waals surface area (Å²) in [6.07, 6.45) is 6.35. The number of allylic oxidation sites excluding steroid dienone is 4. The molecule has 0 saturated heterocycles. The molecule has 0 aromatic heterocycles. The molecule has 0 spiro atoms. The monoisotopic (exact) mass is 432 g/mol. The summed E-state index contributed by atoms with van der Waals surface area (Å²) in [7, 11) is 0. The Hall–Kier alpha value is -3.21. The van der Waals surface area contributed by atoms with Gasteiger partial charge in [0, 0.05) is 35.7 Å². The van der Waals surface area contributed by atoms with Crippen LogP contribution in [0.3, 0.4) is 0 Å². The molecule has 0 radical (unpaired) electrons. The van der Waals surface area contributed by atoms with Crippen LogP contribution in [0.4, 0.5) is 8.78 Å². The lowest BCUT2D eigenvalue weighted by Gasteiger charge is -2.23. The van der Waals surface area contributed by atoms with Gasteiger partial charge in [0.1, 0.15) is 11.6 Å². The molecule has 2 atom stereocenters. The molecule has 0 N–H and O–H groups in total. The maximum Gasteiger partial charge on any atom is 0.151 e. The molecule has 2 aromatic rings. The second-order valence-corrected chi connectivity index (χ2v) is 8.53. The molecule has 2 aliphatic heterocycles. The van der Waals surface area contributed by atoms with E-state index in [4.69, 9.17) is 0 Å². The molecule has 0 fully saturated rings. The van der Waals surface area contributed by atoms with E-state index in [2.05, 4.69) is 9.98 Å². The summed E-state index contributed by atoms with van der Waals surface area (Å²) in [6.45, 7) is 3.90. The predicted octanol–water partition coefficient (Wildman–Crippen LogP) is 6.05. The van der Waals surface area contributed by atoms with Crippen molar-refractivity contribution in [3.63, 3.8) is 0 Å². The molecule has 2 aromatic carbocycles. The average Bonchev–Trinajstić information content (AvgIpc) is 3.40. The van der Waals surface area contributed by atoms with Crippen molar-refractivity contribution in [3.8, 4) is 0 Å². The Labute approximate surface area is 187 Å². The van der Waals surface area contributed by atoms with Gasteiger partial charge in [0.2, 0.25) is 0 Å². The molecular formula is C27H26F2N2O. The first-order chi connectivity index (χ1) is 15.4. The Morgan fingerprint density at radius 1 is 0.750 bits per heavy atom. The van der Waals surface area contributed by atoms with E-state index in [-0.39, 0.29) is 17.4 Å². The lowest BCUT2D eigenvalue weighted by Crippen LogP contribution is -2.29. The first-order valence-corrected chi connectivity index (χ1v) is 10.9. The predicted molar refractivity (Wildman–Crippen MR) is 124 cm³/mol. The second kappa shape index (κ2) is 9.51. The van der Waals surface area contributed by atoms with Crippen molar-refractivity contribution in [1.82, 2.24) is 0 Å². The molecule has 0 bridgehead atoms. The smallest absolute Gasteiger partial charge is 0.151 e. The van der Waals surface area contributed by atoms with Crippen LogP contribution in [-0.4, -0.2) is 17.2 Å². The minimum Gasteiger partial charge on any atom is -0.298 e. The molecule has 2 heterocycles. The lowest BCUT2D eigenvalue weighted by atomic mass is 9.81. The standard InChI is InChI=1S/C27H26F2N2O/c1-17-3-13-25(30-17)23(15-19-5-9-21(28)10-6-19)27(32)24(26-14-4-18(2)31-26)16-20-7-11-22(29)12-8-20/h5-14,23-24H,3-4,15-16H2,1-2H3. The van der Waals surface area contributed by atoms with Crippen LogP contribution in [0.25, 0.3) is 0 Å². The van der Waals surface area contributed by atoms with Gasteiger partial charge in [0.05, 0.1) is 11.8 Å². The summed E-state index contributed by atoms with van der Waals surface area (Å²) in [5.41, 5.74) is 5.24. The van der Waals surface area contributed by atoms with Gasteiger partial charge >= 0.3 is 0 Å². The average molecular weight is 433 g/mol. The fourth-order valence-corrected chi connectivity index (χ4v) is 4.23. The zero-order chi connectivity index (χ0) is 22.7. The van der Waals surface area contributed by atoms with Crippen LogP contribution in [0.15, 0.2) is 82.1 Å². The Balaban J connectivity index is 1.68. The molecule has 0 amide bonds. The molecule has 0 aliphatic carbocycles. The summed E-state index contributed by atoms with van der Waals surface area (Å²) in [6, 6.07) is 12.5. The molecule has 32 heavy (non-hydrogen) atoms. The number of hydrogen-bond acceptors (Lipinski definition) is 3.